The second-order valence-electron chi connectivity index (χ2n) is 4.06. The lowest BCUT2D eigenvalue weighted by atomic mass is 10.2. The molecule has 0 aliphatic carbocycles. The summed E-state index contributed by atoms with van der Waals surface area (Å²) in [5, 5.41) is 7.12. The third-order valence-electron chi connectivity index (χ3n) is 2.88. The van der Waals surface area contributed by atoms with Crippen molar-refractivity contribution >= 4 is 5.95 Å². The molecule has 0 spiro atoms. The van der Waals surface area contributed by atoms with Crippen LogP contribution < -0.4 is 5.32 Å². The second-order valence-corrected chi connectivity index (χ2v) is 4.06. The third kappa shape index (κ3) is 1.81. The van der Waals surface area contributed by atoms with Gasteiger partial charge in [0.15, 0.2) is 5.82 Å². The lowest BCUT2D eigenvalue weighted by Crippen LogP contribution is -2.28. The van der Waals surface area contributed by atoms with Crippen molar-refractivity contribution in [2.45, 2.75) is 18.9 Å². The minimum atomic E-state index is -2.44. The zero-order chi connectivity index (χ0) is 12.5. The van der Waals surface area contributed by atoms with Crippen LogP contribution in [0.4, 0.5) is 14.7 Å². The molecule has 0 aromatic carbocycles. The fourth-order valence-corrected chi connectivity index (χ4v) is 1.98. The largest absolute Gasteiger partial charge is 0.354 e. The number of fused-ring (bicyclic) bond motifs is 1. The van der Waals surface area contributed by atoms with E-state index in [1.807, 2.05) is 0 Å². The van der Waals surface area contributed by atoms with E-state index in [9.17, 15) is 8.78 Å². The summed E-state index contributed by atoms with van der Waals surface area (Å²) in [6, 6.07) is 2.65. The Morgan fingerprint density at radius 3 is 3.06 bits per heavy atom. The molecule has 0 radical (unpaired) electrons. The summed E-state index contributed by atoms with van der Waals surface area (Å²) in [6.45, 7) is 0.486. The Bertz CT molecular complexity index is 540. The Hall–Kier alpha value is -2.05. The molecule has 1 unspecified atom stereocenters. The first kappa shape index (κ1) is 11.1. The Balaban J connectivity index is 2.01. The van der Waals surface area contributed by atoms with Gasteiger partial charge in [-0.2, -0.15) is 4.98 Å². The molecule has 0 saturated heterocycles. The topological polar surface area (TPSA) is 55.6 Å². The highest BCUT2D eigenvalue weighted by atomic mass is 19.3. The summed E-state index contributed by atoms with van der Waals surface area (Å²) in [5.41, 5.74) is 0.717. The van der Waals surface area contributed by atoms with Crippen molar-refractivity contribution in [1.82, 2.24) is 19.7 Å². The summed E-state index contributed by atoms with van der Waals surface area (Å²) in [6.07, 6.45) is 1.16. The molecule has 3 rings (SSSR count). The van der Waals surface area contributed by atoms with Gasteiger partial charge in [-0.05, 0) is 18.6 Å². The molecule has 0 amide bonds. The summed E-state index contributed by atoms with van der Waals surface area (Å²) in [5.74, 6) is 0.809. The summed E-state index contributed by atoms with van der Waals surface area (Å²) in [4.78, 5) is 8.18. The Kier molecular flexibility index (Phi) is 2.66. The lowest BCUT2D eigenvalue weighted by Gasteiger charge is -2.23. The maximum Gasteiger partial charge on any atom is 0.260 e. The Morgan fingerprint density at radius 2 is 2.33 bits per heavy atom. The van der Waals surface area contributed by atoms with Crippen molar-refractivity contribution in [3.05, 3.63) is 24.5 Å². The van der Waals surface area contributed by atoms with Crippen LogP contribution in [0.5, 0.6) is 0 Å². The van der Waals surface area contributed by atoms with E-state index < -0.39 is 12.5 Å². The van der Waals surface area contributed by atoms with Crippen molar-refractivity contribution in [3.8, 4) is 11.4 Å². The first-order valence-electron chi connectivity index (χ1n) is 5.64. The molecule has 7 heteroatoms. The summed E-state index contributed by atoms with van der Waals surface area (Å²) < 4.78 is 27.0. The van der Waals surface area contributed by atoms with E-state index in [4.69, 9.17) is 0 Å². The van der Waals surface area contributed by atoms with Gasteiger partial charge in [-0.3, -0.25) is 4.98 Å². The number of anilines is 1. The molecule has 1 atom stereocenters. The average Bonchev–Trinajstić information content (AvgIpc) is 2.83. The highest BCUT2D eigenvalue weighted by Crippen LogP contribution is 2.29. The van der Waals surface area contributed by atoms with E-state index in [0.717, 1.165) is 0 Å². The fraction of sp³-hybridized carbons (Fsp3) is 0.364. The van der Waals surface area contributed by atoms with Crippen molar-refractivity contribution in [3.63, 3.8) is 0 Å². The highest BCUT2D eigenvalue weighted by Gasteiger charge is 2.30. The van der Waals surface area contributed by atoms with Crippen molar-refractivity contribution in [2.75, 3.05) is 11.9 Å². The highest BCUT2D eigenvalue weighted by molar-refractivity contribution is 5.54. The molecule has 2 aromatic rings. The first-order chi connectivity index (χ1) is 8.75. The SMILES string of the molecule is FC(F)C1CCNc2nc(-c3cccnc3)nn21. The molecule has 0 bridgehead atoms. The zero-order valence-corrected chi connectivity index (χ0v) is 9.42. The molecule has 1 aliphatic heterocycles. The van der Waals surface area contributed by atoms with Crippen LogP contribution in [0.3, 0.4) is 0 Å². The van der Waals surface area contributed by atoms with E-state index >= 15 is 0 Å². The molecule has 0 saturated carbocycles. The molecule has 1 aliphatic rings. The zero-order valence-electron chi connectivity index (χ0n) is 9.42. The van der Waals surface area contributed by atoms with E-state index in [1.165, 1.54) is 4.68 Å². The van der Waals surface area contributed by atoms with Gasteiger partial charge in [0.2, 0.25) is 5.95 Å². The molecule has 3 heterocycles. The number of halogens is 2. The van der Waals surface area contributed by atoms with Gasteiger partial charge in [-0.15, -0.1) is 5.10 Å². The molecule has 94 valence electrons. The molecular formula is C11H11F2N5. The normalized spacial score (nSPS) is 18.5. The van der Waals surface area contributed by atoms with E-state index in [1.54, 1.807) is 24.5 Å². The quantitative estimate of drug-likeness (QED) is 0.886. The van der Waals surface area contributed by atoms with Gasteiger partial charge in [0.25, 0.3) is 6.43 Å². The van der Waals surface area contributed by atoms with Crippen LogP contribution in [-0.2, 0) is 0 Å². The van der Waals surface area contributed by atoms with Crippen molar-refractivity contribution < 1.29 is 8.78 Å². The lowest BCUT2D eigenvalue weighted by molar-refractivity contribution is 0.0714. The van der Waals surface area contributed by atoms with Crippen LogP contribution in [0.2, 0.25) is 0 Å². The monoisotopic (exact) mass is 251 g/mol. The number of hydrogen-bond acceptors (Lipinski definition) is 4. The molecule has 5 nitrogen and oxygen atoms in total. The van der Waals surface area contributed by atoms with Gasteiger partial charge in [0.05, 0.1) is 0 Å². The maximum absolute atomic E-state index is 12.9. The van der Waals surface area contributed by atoms with Crippen LogP contribution in [0, 0.1) is 0 Å². The Morgan fingerprint density at radius 1 is 1.44 bits per heavy atom. The fourth-order valence-electron chi connectivity index (χ4n) is 1.98. The van der Waals surface area contributed by atoms with Crippen LogP contribution in [-0.4, -0.2) is 32.7 Å². The Labute approximate surface area is 102 Å². The summed E-state index contributed by atoms with van der Waals surface area (Å²) in [7, 11) is 0. The number of hydrogen-bond donors (Lipinski definition) is 1. The number of rotatable bonds is 2. The predicted molar refractivity (Wildman–Crippen MR) is 61.4 cm³/mol. The van der Waals surface area contributed by atoms with Gasteiger partial charge in [0, 0.05) is 24.5 Å². The number of alkyl halides is 2. The van der Waals surface area contributed by atoms with Crippen molar-refractivity contribution in [1.29, 1.82) is 0 Å². The van der Waals surface area contributed by atoms with Gasteiger partial charge in [-0.25, -0.2) is 13.5 Å². The van der Waals surface area contributed by atoms with Gasteiger partial charge in [0.1, 0.15) is 6.04 Å². The van der Waals surface area contributed by atoms with Gasteiger partial charge >= 0.3 is 0 Å². The van der Waals surface area contributed by atoms with Gasteiger partial charge < -0.3 is 5.32 Å². The molecule has 1 N–H and O–H groups in total. The van der Waals surface area contributed by atoms with Crippen LogP contribution >= 0.6 is 0 Å². The summed E-state index contributed by atoms with van der Waals surface area (Å²) >= 11 is 0. The van der Waals surface area contributed by atoms with Gasteiger partial charge in [-0.1, -0.05) is 0 Å². The second kappa shape index (κ2) is 4.32. The standard InChI is InChI=1S/C11H11F2N5/c12-9(13)8-3-5-15-11-16-10(17-18(8)11)7-2-1-4-14-6-7/h1-2,4,6,8-9H,3,5H2,(H,15,16,17). The number of pyridine rings is 1. The molecule has 18 heavy (non-hydrogen) atoms. The minimum absolute atomic E-state index is 0.348. The first-order valence-corrected chi connectivity index (χ1v) is 5.64. The maximum atomic E-state index is 12.9. The van der Waals surface area contributed by atoms with Crippen LogP contribution in [0.15, 0.2) is 24.5 Å². The number of aromatic nitrogens is 4. The third-order valence-corrected chi connectivity index (χ3v) is 2.88. The van der Waals surface area contributed by atoms with Crippen LogP contribution in [0.1, 0.15) is 12.5 Å². The van der Waals surface area contributed by atoms with E-state index in [2.05, 4.69) is 20.4 Å². The minimum Gasteiger partial charge on any atom is -0.354 e. The number of nitrogens with one attached hydrogen (secondary N) is 1. The van der Waals surface area contributed by atoms with E-state index in [0.29, 0.717) is 30.3 Å². The number of nitrogens with zero attached hydrogens (tertiary/aromatic N) is 4. The van der Waals surface area contributed by atoms with E-state index in [-0.39, 0.29) is 0 Å². The van der Waals surface area contributed by atoms with Crippen molar-refractivity contribution in [2.24, 2.45) is 0 Å². The average molecular weight is 251 g/mol. The smallest absolute Gasteiger partial charge is 0.260 e. The molecular weight excluding hydrogens is 240 g/mol. The predicted octanol–water partition coefficient (Wildman–Crippen LogP) is 1.96. The molecule has 2 aromatic heterocycles. The van der Waals surface area contributed by atoms with Crippen LogP contribution in [0.25, 0.3) is 11.4 Å². The molecule has 0 fully saturated rings.